The van der Waals surface area contributed by atoms with Gasteiger partial charge in [0.1, 0.15) is 54.9 Å². The van der Waals surface area contributed by atoms with Crippen LogP contribution in [-0.2, 0) is 33.2 Å². The number of aliphatic hydroxyl groups excluding tert-OH is 7. The fraction of sp³-hybridized carbons (Fsp3) is 0.824. The number of carbonyl (C=O) groups excluding carboxylic acids is 1. The molecular weight excluding hydrogens is 837 g/mol. The average molecular weight is 927 g/mol. The Labute approximate surface area is 391 Å². The minimum atomic E-state index is -1.71. The van der Waals surface area contributed by atoms with Gasteiger partial charge < -0.3 is 64.2 Å². The summed E-state index contributed by atoms with van der Waals surface area (Å²) in [6, 6.07) is 0. The standard InChI is InChI=1S/C51H90O14/c1-3-5-7-9-11-13-15-17-18-19-20-21-22-23-24-26-28-30-32-34-43(53)63-40(37-60-35-33-31-29-27-25-16-14-12-10-8-6-4-2)38-61-50-49(59)47(57)45(55)42(65-50)39-62-51-48(58)46(56)44(54)41(36-52)64-51/h5,7,11,13,17-18,20-21,40-42,44-52,54-59H,3-4,6,8-10,12,14-16,19,22-39H2,1-2H3/b7-5-,13-11-,18-17-,21-20-. The van der Waals surface area contributed by atoms with E-state index in [0.717, 1.165) is 83.5 Å². The number of rotatable bonds is 39. The number of hydrogen-bond acceptors (Lipinski definition) is 14. The number of hydrogen-bond donors (Lipinski definition) is 7. The summed E-state index contributed by atoms with van der Waals surface area (Å²) >= 11 is 0. The van der Waals surface area contributed by atoms with E-state index in [-0.39, 0.29) is 19.6 Å². The van der Waals surface area contributed by atoms with Crippen molar-refractivity contribution in [3.05, 3.63) is 48.6 Å². The van der Waals surface area contributed by atoms with Gasteiger partial charge in [-0.05, 0) is 51.4 Å². The van der Waals surface area contributed by atoms with Gasteiger partial charge in [0.15, 0.2) is 12.6 Å². The molecule has 2 aliphatic heterocycles. The van der Waals surface area contributed by atoms with Crippen LogP contribution >= 0.6 is 0 Å². The van der Waals surface area contributed by atoms with Gasteiger partial charge in [-0.1, -0.05) is 159 Å². The van der Waals surface area contributed by atoms with Gasteiger partial charge >= 0.3 is 5.97 Å². The number of allylic oxidation sites excluding steroid dienone is 8. The summed E-state index contributed by atoms with van der Waals surface area (Å²) in [4.78, 5) is 13.0. The molecule has 0 aromatic carbocycles. The molecule has 0 amide bonds. The molecule has 14 heteroatoms. The summed E-state index contributed by atoms with van der Waals surface area (Å²) < 4.78 is 34.2. The van der Waals surface area contributed by atoms with Crippen LogP contribution in [0, 0.1) is 0 Å². The molecule has 0 radical (unpaired) electrons. The molecule has 0 bridgehead atoms. The quantitative estimate of drug-likeness (QED) is 0.0185. The van der Waals surface area contributed by atoms with Crippen molar-refractivity contribution < 1.29 is 69.0 Å². The number of carbonyl (C=O) groups is 1. The minimum absolute atomic E-state index is 0.0562. The van der Waals surface area contributed by atoms with Crippen molar-refractivity contribution in [2.75, 3.05) is 33.0 Å². The topological polar surface area (TPSA) is 214 Å². The van der Waals surface area contributed by atoms with Gasteiger partial charge in [0.25, 0.3) is 0 Å². The molecule has 14 nitrogen and oxygen atoms in total. The lowest BCUT2D eigenvalue weighted by atomic mass is 9.98. The molecule has 2 saturated heterocycles. The Morgan fingerprint density at radius 1 is 0.523 bits per heavy atom. The molecule has 0 saturated carbocycles. The van der Waals surface area contributed by atoms with Gasteiger partial charge in [0.2, 0.25) is 0 Å². The second kappa shape index (κ2) is 38.9. The molecule has 7 N–H and O–H groups in total. The van der Waals surface area contributed by atoms with Crippen molar-refractivity contribution in [2.24, 2.45) is 0 Å². The molecule has 2 rings (SSSR count). The van der Waals surface area contributed by atoms with Gasteiger partial charge in [-0.15, -0.1) is 0 Å². The van der Waals surface area contributed by atoms with Crippen molar-refractivity contribution in [3.8, 4) is 0 Å². The lowest BCUT2D eigenvalue weighted by Gasteiger charge is -2.42. The van der Waals surface area contributed by atoms with Crippen LogP contribution in [0.3, 0.4) is 0 Å². The zero-order valence-corrected chi connectivity index (χ0v) is 40.0. The first-order valence-electron chi connectivity index (χ1n) is 25.2. The van der Waals surface area contributed by atoms with Crippen LogP contribution in [0.2, 0.25) is 0 Å². The van der Waals surface area contributed by atoms with E-state index in [1.54, 1.807) is 0 Å². The Balaban J connectivity index is 1.77. The Hall–Kier alpha value is -2.05. The molecule has 2 aliphatic rings. The largest absolute Gasteiger partial charge is 0.457 e. The van der Waals surface area contributed by atoms with Crippen LogP contribution in [0.1, 0.15) is 168 Å². The summed E-state index contributed by atoms with van der Waals surface area (Å²) in [7, 11) is 0. The van der Waals surface area contributed by atoms with Crippen molar-refractivity contribution in [1.82, 2.24) is 0 Å². The lowest BCUT2D eigenvalue weighted by Crippen LogP contribution is -2.61. The number of ether oxygens (including phenoxy) is 6. The Morgan fingerprint density at radius 2 is 1.00 bits per heavy atom. The summed E-state index contributed by atoms with van der Waals surface area (Å²) in [6.07, 6.45) is 27.4. The third kappa shape index (κ3) is 26.9. The van der Waals surface area contributed by atoms with Crippen molar-refractivity contribution in [3.63, 3.8) is 0 Å². The first-order chi connectivity index (χ1) is 31.6. The van der Waals surface area contributed by atoms with Crippen molar-refractivity contribution in [1.29, 1.82) is 0 Å². The molecule has 0 spiro atoms. The first-order valence-corrected chi connectivity index (χ1v) is 25.2. The molecular formula is C51H90O14. The van der Waals surface area contributed by atoms with Crippen LogP contribution in [0.4, 0.5) is 0 Å². The highest BCUT2D eigenvalue weighted by Crippen LogP contribution is 2.26. The van der Waals surface area contributed by atoms with Crippen LogP contribution in [-0.4, -0.2) is 142 Å². The van der Waals surface area contributed by atoms with E-state index in [2.05, 4.69) is 62.5 Å². The SMILES string of the molecule is CC/C=C\C/C=C\C/C=C\C/C=C\CCCCCCCCC(=O)OC(COCCCCCCCCCCCCCC)COC1OC(COC2OC(CO)C(O)C(O)C2O)C(O)C(O)C1O. The van der Waals surface area contributed by atoms with Crippen LogP contribution in [0.25, 0.3) is 0 Å². The van der Waals surface area contributed by atoms with Gasteiger partial charge in [-0.2, -0.15) is 0 Å². The van der Waals surface area contributed by atoms with E-state index in [1.165, 1.54) is 57.8 Å². The molecule has 11 atom stereocenters. The number of aliphatic hydroxyl groups is 7. The fourth-order valence-electron chi connectivity index (χ4n) is 7.75. The molecule has 0 aliphatic carbocycles. The van der Waals surface area contributed by atoms with Crippen LogP contribution in [0.5, 0.6) is 0 Å². The first kappa shape index (κ1) is 59.1. The van der Waals surface area contributed by atoms with E-state index in [1.807, 2.05) is 0 Å². The highest BCUT2D eigenvalue weighted by atomic mass is 16.7. The Morgan fingerprint density at radius 3 is 1.57 bits per heavy atom. The van der Waals surface area contributed by atoms with Crippen molar-refractivity contribution in [2.45, 2.75) is 235 Å². The van der Waals surface area contributed by atoms with E-state index in [9.17, 15) is 40.5 Å². The maximum Gasteiger partial charge on any atom is 0.306 e. The highest BCUT2D eigenvalue weighted by Gasteiger charge is 2.47. The zero-order chi connectivity index (χ0) is 47.3. The van der Waals surface area contributed by atoms with Gasteiger partial charge in [0, 0.05) is 13.0 Å². The maximum atomic E-state index is 13.0. The summed E-state index contributed by atoms with van der Waals surface area (Å²) in [5.74, 6) is -0.390. The van der Waals surface area contributed by atoms with E-state index in [4.69, 9.17) is 28.4 Å². The lowest BCUT2D eigenvalue weighted by molar-refractivity contribution is -0.332. The van der Waals surface area contributed by atoms with Crippen LogP contribution in [0.15, 0.2) is 48.6 Å². The molecule has 0 aromatic heterocycles. The number of esters is 1. The molecule has 2 heterocycles. The molecule has 11 unspecified atom stereocenters. The Bertz CT molecular complexity index is 1260. The van der Waals surface area contributed by atoms with Crippen molar-refractivity contribution >= 4 is 5.97 Å². The molecule has 65 heavy (non-hydrogen) atoms. The predicted octanol–water partition coefficient (Wildman–Crippen LogP) is 7.18. The second-order valence-corrected chi connectivity index (χ2v) is 17.6. The van der Waals surface area contributed by atoms with E-state index < -0.39 is 86.7 Å². The van der Waals surface area contributed by atoms with E-state index >= 15 is 0 Å². The highest BCUT2D eigenvalue weighted by molar-refractivity contribution is 5.69. The summed E-state index contributed by atoms with van der Waals surface area (Å²) in [6.45, 7) is 3.55. The second-order valence-electron chi connectivity index (χ2n) is 17.6. The maximum absolute atomic E-state index is 13.0. The average Bonchev–Trinajstić information content (AvgIpc) is 3.30. The third-order valence-electron chi connectivity index (χ3n) is 11.9. The van der Waals surface area contributed by atoms with E-state index in [0.29, 0.717) is 13.0 Å². The van der Waals surface area contributed by atoms with Gasteiger partial charge in [-0.3, -0.25) is 4.79 Å². The predicted molar refractivity (Wildman–Crippen MR) is 252 cm³/mol. The third-order valence-corrected chi connectivity index (χ3v) is 11.9. The molecule has 2 fully saturated rings. The Kier molecular flexibility index (Phi) is 35.3. The monoisotopic (exact) mass is 927 g/mol. The summed E-state index contributed by atoms with van der Waals surface area (Å²) in [5.41, 5.74) is 0. The van der Waals surface area contributed by atoms with Gasteiger partial charge in [0.05, 0.1) is 26.4 Å². The summed E-state index contributed by atoms with van der Waals surface area (Å²) in [5, 5.41) is 72.1. The fourth-order valence-corrected chi connectivity index (χ4v) is 7.75. The molecule has 0 aromatic rings. The van der Waals surface area contributed by atoms with Crippen LogP contribution < -0.4 is 0 Å². The molecule has 378 valence electrons. The smallest absolute Gasteiger partial charge is 0.306 e. The van der Waals surface area contributed by atoms with Gasteiger partial charge in [-0.25, -0.2) is 0 Å². The number of unbranched alkanes of at least 4 members (excludes halogenated alkanes) is 17. The zero-order valence-electron chi connectivity index (χ0n) is 40.0. The normalized spacial score (nSPS) is 26.9. The minimum Gasteiger partial charge on any atom is -0.457 e.